The molecule has 0 saturated heterocycles. The minimum Gasteiger partial charge on any atom is -0.396 e. The van der Waals surface area contributed by atoms with Gasteiger partial charge in [-0.1, -0.05) is 33.6 Å². The highest BCUT2D eigenvalue weighted by Gasteiger charge is 2.26. The molecule has 0 saturated carbocycles. The first-order valence-corrected chi connectivity index (χ1v) is 9.06. The van der Waals surface area contributed by atoms with E-state index < -0.39 is 10.0 Å². The lowest BCUT2D eigenvalue weighted by molar-refractivity contribution is 0.277. The monoisotopic (exact) mass is 317 g/mol. The van der Waals surface area contributed by atoms with E-state index in [0.717, 1.165) is 12.8 Å². The Balaban J connectivity index is 2.88. The summed E-state index contributed by atoms with van der Waals surface area (Å²) in [6, 6.07) is 0. The van der Waals surface area contributed by atoms with Crippen molar-refractivity contribution in [2.75, 3.05) is 19.7 Å². The number of aromatic nitrogens is 2. The van der Waals surface area contributed by atoms with E-state index in [4.69, 9.17) is 5.11 Å². The number of aliphatic hydroxyl groups excluding tert-OH is 1. The fourth-order valence-electron chi connectivity index (χ4n) is 2.21. The number of hydrogen-bond donors (Lipinski definition) is 1. The summed E-state index contributed by atoms with van der Waals surface area (Å²) in [5.41, 5.74) is 0. The van der Waals surface area contributed by atoms with Crippen LogP contribution in [0.25, 0.3) is 0 Å². The molecule has 0 fully saturated rings. The van der Waals surface area contributed by atoms with Crippen molar-refractivity contribution < 1.29 is 13.5 Å². The lowest BCUT2D eigenvalue weighted by Crippen LogP contribution is -2.35. The van der Waals surface area contributed by atoms with Crippen LogP contribution in [0.3, 0.4) is 0 Å². The van der Waals surface area contributed by atoms with E-state index in [1.54, 1.807) is 10.9 Å². The lowest BCUT2D eigenvalue weighted by Gasteiger charge is -2.24. The maximum atomic E-state index is 12.6. The Kier molecular flexibility index (Phi) is 7.34. The molecule has 0 aliphatic carbocycles. The van der Waals surface area contributed by atoms with Gasteiger partial charge in [0.15, 0.2) is 0 Å². The molecule has 122 valence electrons. The van der Waals surface area contributed by atoms with Gasteiger partial charge in [-0.2, -0.15) is 9.40 Å². The lowest BCUT2D eigenvalue weighted by atomic mass is 10.0. The van der Waals surface area contributed by atoms with Gasteiger partial charge in [-0.3, -0.25) is 4.68 Å². The largest absolute Gasteiger partial charge is 0.396 e. The second-order valence-corrected chi connectivity index (χ2v) is 7.09. The van der Waals surface area contributed by atoms with E-state index in [2.05, 4.69) is 18.9 Å². The van der Waals surface area contributed by atoms with Crippen LogP contribution in [-0.2, 0) is 16.6 Å². The highest BCUT2D eigenvalue weighted by Crippen LogP contribution is 2.19. The molecule has 6 nitrogen and oxygen atoms in total. The average Bonchev–Trinajstić information content (AvgIpc) is 2.95. The van der Waals surface area contributed by atoms with Crippen LogP contribution in [0.4, 0.5) is 0 Å². The maximum Gasteiger partial charge on any atom is 0.246 e. The Hall–Kier alpha value is -0.920. The third-order valence-corrected chi connectivity index (χ3v) is 5.66. The second-order valence-electron chi connectivity index (χ2n) is 5.15. The Morgan fingerprint density at radius 3 is 2.52 bits per heavy atom. The van der Waals surface area contributed by atoms with Crippen LogP contribution in [0.5, 0.6) is 0 Å². The van der Waals surface area contributed by atoms with Crippen LogP contribution in [0.15, 0.2) is 17.3 Å². The minimum atomic E-state index is -3.48. The number of sulfonamides is 1. The predicted molar refractivity (Wildman–Crippen MR) is 82.4 cm³/mol. The number of aryl methyl sites for hydroxylation is 1. The van der Waals surface area contributed by atoms with E-state index in [1.165, 1.54) is 10.5 Å². The fourth-order valence-corrected chi connectivity index (χ4v) is 3.69. The van der Waals surface area contributed by atoms with Crippen LogP contribution in [0.2, 0.25) is 0 Å². The maximum absolute atomic E-state index is 12.6. The van der Waals surface area contributed by atoms with Crippen molar-refractivity contribution in [3.8, 4) is 0 Å². The topological polar surface area (TPSA) is 75.4 Å². The zero-order valence-corrected chi connectivity index (χ0v) is 14.0. The first-order valence-electron chi connectivity index (χ1n) is 7.62. The number of rotatable bonds is 10. The van der Waals surface area contributed by atoms with Gasteiger partial charge in [-0.25, -0.2) is 8.42 Å². The molecule has 0 spiro atoms. The SMILES string of the molecule is CCC(CC)CN(CC)S(=O)(=O)c1cnn(CCCO)c1. The van der Waals surface area contributed by atoms with Crippen LogP contribution in [0.1, 0.15) is 40.0 Å². The molecule has 1 N–H and O–H groups in total. The molecule has 21 heavy (non-hydrogen) atoms. The van der Waals surface area contributed by atoms with Gasteiger partial charge < -0.3 is 5.11 Å². The van der Waals surface area contributed by atoms with Gasteiger partial charge in [-0.05, 0) is 12.3 Å². The van der Waals surface area contributed by atoms with E-state index in [-0.39, 0.29) is 11.5 Å². The van der Waals surface area contributed by atoms with Gasteiger partial charge in [0.1, 0.15) is 4.90 Å². The van der Waals surface area contributed by atoms with Crippen molar-refractivity contribution in [2.24, 2.45) is 5.92 Å². The van der Waals surface area contributed by atoms with E-state index in [0.29, 0.717) is 32.0 Å². The van der Waals surface area contributed by atoms with Crippen LogP contribution in [-0.4, -0.2) is 47.3 Å². The highest BCUT2D eigenvalue weighted by atomic mass is 32.2. The van der Waals surface area contributed by atoms with Gasteiger partial charge in [-0.15, -0.1) is 0 Å². The number of aliphatic hydroxyl groups is 1. The Morgan fingerprint density at radius 2 is 2.00 bits per heavy atom. The zero-order chi connectivity index (χ0) is 15.9. The smallest absolute Gasteiger partial charge is 0.246 e. The Labute approximate surface area is 127 Å². The fraction of sp³-hybridized carbons (Fsp3) is 0.786. The molecule has 0 aromatic carbocycles. The molecule has 1 aromatic rings. The predicted octanol–water partition coefficient (Wildman–Crippen LogP) is 1.71. The quantitative estimate of drug-likeness (QED) is 0.713. The van der Waals surface area contributed by atoms with Crippen LogP contribution < -0.4 is 0 Å². The molecule has 0 atom stereocenters. The van der Waals surface area contributed by atoms with Gasteiger partial charge in [0.05, 0.1) is 6.20 Å². The molecule has 1 heterocycles. The van der Waals surface area contributed by atoms with Gasteiger partial charge in [0.2, 0.25) is 10.0 Å². The van der Waals surface area contributed by atoms with Gasteiger partial charge in [0.25, 0.3) is 0 Å². The first kappa shape index (κ1) is 18.1. The highest BCUT2D eigenvalue weighted by molar-refractivity contribution is 7.89. The van der Waals surface area contributed by atoms with Crippen molar-refractivity contribution in [3.05, 3.63) is 12.4 Å². The second kappa shape index (κ2) is 8.51. The van der Waals surface area contributed by atoms with Crippen molar-refractivity contribution in [1.82, 2.24) is 14.1 Å². The van der Waals surface area contributed by atoms with Crippen molar-refractivity contribution in [2.45, 2.75) is 51.5 Å². The Bertz CT molecular complexity index is 509. The van der Waals surface area contributed by atoms with Gasteiger partial charge >= 0.3 is 0 Å². The third-order valence-electron chi connectivity index (χ3n) is 3.76. The van der Waals surface area contributed by atoms with E-state index >= 15 is 0 Å². The minimum absolute atomic E-state index is 0.0672. The summed E-state index contributed by atoms with van der Waals surface area (Å²) >= 11 is 0. The summed E-state index contributed by atoms with van der Waals surface area (Å²) in [5.74, 6) is 0.379. The molecular weight excluding hydrogens is 290 g/mol. The molecule has 0 radical (unpaired) electrons. The van der Waals surface area contributed by atoms with Crippen LogP contribution in [0, 0.1) is 5.92 Å². The summed E-state index contributed by atoms with van der Waals surface area (Å²) < 4.78 is 28.4. The van der Waals surface area contributed by atoms with Crippen molar-refractivity contribution in [1.29, 1.82) is 0 Å². The molecule has 0 amide bonds. The average molecular weight is 317 g/mol. The standard InChI is InChI=1S/C14H27N3O3S/c1-4-13(5-2)11-17(6-3)21(19,20)14-10-15-16(12-14)8-7-9-18/h10,12-13,18H,4-9,11H2,1-3H3. The van der Waals surface area contributed by atoms with E-state index in [1.807, 2.05) is 6.92 Å². The van der Waals surface area contributed by atoms with Gasteiger partial charge in [0, 0.05) is 32.4 Å². The molecule has 1 rings (SSSR count). The summed E-state index contributed by atoms with van der Waals surface area (Å²) in [7, 11) is -3.48. The summed E-state index contributed by atoms with van der Waals surface area (Å²) in [6.07, 6.45) is 5.44. The van der Waals surface area contributed by atoms with Crippen molar-refractivity contribution >= 4 is 10.0 Å². The molecule has 1 aromatic heterocycles. The number of hydrogen-bond acceptors (Lipinski definition) is 4. The summed E-state index contributed by atoms with van der Waals surface area (Å²) in [4.78, 5) is 0.230. The third kappa shape index (κ3) is 4.79. The number of nitrogens with zero attached hydrogens (tertiary/aromatic N) is 3. The van der Waals surface area contributed by atoms with E-state index in [9.17, 15) is 8.42 Å². The Morgan fingerprint density at radius 1 is 1.33 bits per heavy atom. The molecular formula is C14H27N3O3S. The summed E-state index contributed by atoms with van der Waals surface area (Å²) in [6.45, 7) is 7.62. The molecule has 0 aliphatic rings. The normalized spacial score (nSPS) is 12.5. The summed E-state index contributed by atoms with van der Waals surface area (Å²) in [5, 5.41) is 12.9. The van der Waals surface area contributed by atoms with Crippen LogP contribution >= 0.6 is 0 Å². The molecule has 0 unspecified atom stereocenters. The van der Waals surface area contributed by atoms with Crippen molar-refractivity contribution in [3.63, 3.8) is 0 Å². The molecule has 7 heteroatoms. The molecule has 0 aliphatic heterocycles. The molecule has 0 bridgehead atoms. The first-order chi connectivity index (χ1) is 9.99. The zero-order valence-electron chi connectivity index (χ0n) is 13.2.